The maximum Gasteiger partial charge on any atom is 0.193 e. The monoisotopic (exact) mass is 350 g/mol. The van der Waals surface area contributed by atoms with Crippen LogP contribution in [0.3, 0.4) is 0 Å². The quantitative estimate of drug-likeness (QED) is 0.667. The van der Waals surface area contributed by atoms with Gasteiger partial charge in [-0.25, -0.2) is 0 Å². The smallest absolute Gasteiger partial charge is 0.193 e. The Bertz CT molecular complexity index is 563. The first-order valence-electron chi connectivity index (χ1n) is 8.67. The van der Waals surface area contributed by atoms with Gasteiger partial charge in [-0.05, 0) is 37.1 Å². The molecule has 2 heterocycles. The van der Waals surface area contributed by atoms with Gasteiger partial charge in [-0.3, -0.25) is 9.89 Å². The largest absolute Gasteiger partial charge is 0.373 e. The number of guanidine groups is 1. The summed E-state index contributed by atoms with van der Waals surface area (Å²) in [4.78, 5) is 9.07. The molecule has 1 aromatic rings. The van der Waals surface area contributed by atoms with Crippen molar-refractivity contribution < 1.29 is 4.74 Å². The highest BCUT2D eigenvalue weighted by Crippen LogP contribution is 2.22. The van der Waals surface area contributed by atoms with Crippen LogP contribution in [0.2, 0.25) is 5.02 Å². The molecule has 0 radical (unpaired) electrons. The van der Waals surface area contributed by atoms with Gasteiger partial charge >= 0.3 is 0 Å². The Morgan fingerprint density at radius 2 is 2.21 bits per heavy atom. The lowest BCUT2D eigenvalue weighted by atomic mass is 10.2. The van der Waals surface area contributed by atoms with Crippen LogP contribution >= 0.6 is 11.6 Å². The molecule has 0 aliphatic carbocycles. The second kappa shape index (κ2) is 8.19. The fourth-order valence-corrected chi connectivity index (χ4v) is 3.66. The highest BCUT2D eigenvalue weighted by Gasteiger charge is 2.32. The number of benzene rings is 1. The molecule has 2 aliphatic rings. The summed E-state index contributed by atoms with van der Waals surface area (Å²) in [7, 11) is 3.86. The molecule has 5 nitrogen and oxygen atoms in total. The average Bonchev–Trinajstić information content (AvgIpc) is 3.05. The molecule has 0 aromatic heterocycles. The third-order valence-corrected chi connectivity index (χ3v) is 5.11. The second-order valence-electron chi connectivity index (χ2n) is 6.66. The molecule has 0 spiro atoms. The predicted octanol–water partition coefficient (Wildman–Crippen LogP) is 2.21. The van der Waals surface area contributed by atoms with Crippen LogP contribution < -0.4 is 5.32 Å². The van der Waals surface area contributed by atoms with E-state index in [-0.39, 0.29) is 6.10 Å². The fourth-order valence-electron chi connectivity index (χ4n) is 3.54. The third-order valence-electron chi connectivity index (χ3n) is 4.86. The molecule has 0 bridgehead atoms. The summed E-state index contributed by atoms with van der Waals surface area (Å²) in [6.07, 6.45) is 2.82. The van der Waals surface area contributed by atoms with E-state index in [2.05, 4.69) is 20.1 Å². The Morgan fingerprint density at radius 3 is 2.96 bits per heavy atom. The molecule has 6 heteroatoms. The van der Waals surface area contributed by atoms with E-state index in [0.717, 1.165) is 37.2 Å². The minimum absolute atomic E-state index is 0.236. The van der Waals surface area contributed by atoms with Crippen molar-refractivity contribution in [2.75, 3.05) is 40.3 Å². The first-order valence-corrected chi connectivity index (χ1v) is 9.05. The first-order chi connectivity index (χ1) is 11.7. The maximum absolute atomic E-state index is 6.01. The van der Waals surface area contributed by atoms with Crippen molar-refractivity contribution in [2.24, 2.45) is 4.99 Å². The highest BCUT2D eigenvalue weighted by molar-refractivity contribution is 6.30. The molecule has 24 heavy (non-hydrogen) atoms. The number of hydrogen-bond acceptors (Lipinski definition) is 3. The molecular weight excluding hydrogens is 324 g/mol. The summed E-state index contributed by atoms with van der Waals surface area (Å²) in [6, 6.07) is 8.58. The minimum Gasteiger partial charge on any atom is -0.373 e. The second-order valence-corrected chi connectivity index (χ2v) is 7.09. The third kappa shape index (κ3) is 4.41. The summed E-state index contributed by atoms with van der Waals surface area (Å²) < 4.78 is 6.01. The Morgan fingerprint density at radius 1 is 1.42 bits per heavy atom. The summed E-state index contributed by atoms with van der Waals surface area (Å²) >= 11 is 5.94. The van der Waals surface area contributed by atoms with Gasteiger partial charge in [0.15, 0.2) is 5.96 Å². The number of ether oxygens (including phenoxy) is 1. The molecule has 1 aromatic carbocycles. The van der Waals surface area contributed by atoms with Crippen LogP contribution in [0.15, 0.2) is 29.3 Å². The molecule has 3 rings (SSSR count). The zero-order valence-corrected chi connectivity index (χ0v) is 15.3. The van der Waals surface area contributed by atoms with Gasteiger partial charge in [-0.15, -0.1) is 0 Å². The number of nitrogens with one attached hydrogen (secondary N) is 1. The number of rotatable bonds is 4. The van der Waals surface area contributed by atoms with Gasteiger partial charge in [0.1, 0.15) is 0 Å². The number of halogens is 1. The van der Waals surface area contributed by atoms with Crippen molar-refractivity contribution in [2.45, 2.75) is 31.5 Å². The van der Waals surface area contributed by atoms with Gasteiger partial charge in [-0.2, -0.15) is 0 Å². The zero-order valence-electron chi connectivity index (χ0n) is 14.5. The first kappa shape index (κ1) is 17.5. The van der Waals surface area contributed by atoms with Crippen LogP contribution in [0.4, 0.5) is 0 Å². The van der Waals surface area contributed by atoms with Crippen molar-refractivity contribution in [1.82, 2.24) is 15.1 Å². The van der Waals surface area contributed by atoms with Crippen LogP contribution in [0.25, 0.3) is 0 Å². The van der Waals surface area contributed by atoms with Gasteiger partial charge in [0.2, 0.25) is 0 Å². The van der Waals surface area contributed by atoms with Crippen LogP contribution in [0.5, 0.6) is 0 Å². The van der Waals surface area contributed by atoms with Crippen molar-refractivity contribution in [3.8, 4) is 0 Å². The number of hydrogen-bond donors (Lipinski definition) is 1. The van der Waals surface area contributed by atoms with E-state index in [0.29, 0.717) is 6.04 Å². The molecule has 132 valence electrons. The SMILES string of the molecule is CN=C(NCC1CN2CCCC2CO1)N(C)Cc1ccc(Cl)cc1. The van der Waals surface area contributed by atoms with Crippen LogP contribution in [-0.2, 0) is 11.3 Å². The lowest BCUT2D eigenvalue weighted by molar-refractivity contribution is -0.0454. The highest BCUT2D eigenvalue weighted by atomic mass is 35.5. The average molecular weight is 351 g/mol. The molecule has 0 amide bonds. The van der Waals surface area contributed by atoms with Crippen molar-refractivity contribution >= 4 is 17.6 Å². The normalized spacial score (nSPS) is 24.7. The molecule has 0 saturated carbocycles. The molecule has 1 N–H and O–H groups in total. The number of aliphatic imine (C=N–C) groups is 1. The molecule has 2 saturated heterocycles. The fraction of sp³-hybridized carbons (Fsp3) is 0.611. The molecule has 2 fully saturated rings. The number of morpholine rings is 1. The van der Waals surface area contributed by atoms with Crippen molar-refractivity contribution in [1.29, 1.82) is 0 Å². The summed E-state index contributed by atoms with van der Waals surface area (Å²) in [5.74, 6) is 0.886. The van der Waals surface area contributed by atoms with Crippen LogP contribution in [-0.4, -0.2) is 68.2 Å². The Hall–Kier alpha value is -1.30. The molecule has 2 unspecified atom stereocenters. The summed E-state index contributed by atoms with van der Waals surface area (Å²) in [5.41, 5.74) is 1.21. The number of nitrogens with zero attached hydrogens (tertiary/aromatic N) is 3. The van der Waals surface area contributed by atoms with E-state index in [1.807, 2.05) is 38.4 Å². The standard InChI is InChI=1S/C18H27ClN4O/c1-20-18(22(2)11-14-5-7-15(19)8-6-14)21-10-17-12-23-9-3-4-16(23)13-24-17/h5-8,16-17H,3-4,9-13H2,1-2H3,(H,20,21). The van der Waals surface area contributed by atoms with Gasteiger partial charge < -0.3 is 15.0 Å². The van der Waals surface area contributed by atoms with Crippen molar-refractivity contribution in [3.63, 3.8) is 0 Å². The topological polar surface area (TPSA) is 40.1 Å². The molecule has 2 atom stereocenters. The Kier molecular flexibility index (Phi) is 5.98. The predicted molar refractivity (Wildman–Crippen MR) is 98.6 cm³/mol. The minimum atomic E-state index is 0.236. The summed E-state index contributed by atoms with van der Waals surface area (Å²) in [6.45, 7) is 4.69. The van der Waals surface area contributed by atoms with E-state index in [1.165, 1.54) is 24.9 Å². The van der Waals surface area contributed by atoms with Gasteiger partial charge in [0, 0.05) is 44.8 Å². The molecule has 2 aliphatic heterocycles. The van der Waals surface area contributed by atoms with Gasteiger partial charge in [-0.1, -0.05) is 23.7 Å². The molecular formula is C18H27ClN4O. The zero-order chi connectivity index (χ0) is 16.9. The van der Waals surface area contributed by atoms with E-state index in [4.69, 9.17) is 16.3 Å². The van der Waals surface area contributed by atoms with Crippen molar-refractivity contribution in [3.05, 3.63) is 34.9 Å². The van der Waals surface area contributed by atoms with Crippen LogP contribution in [0, 0.1) is 0 Å². The Labute approximate surface area is 149 Å². The van der Waals surface area contributed by atoms with E-state index >= 15 is 0 Å². The van der Waals surface area contributed by atoms with Gasteiger partial charge in [0.25, 0.3) is 0 Å². The van der Waals surface area contributed by atoms with E-state index < -0.39 is 0 Å². The maximum atomic E-state index is 6.01. The number of fused-ring (bicyclic) bond motifs is 1. The summed E-state index contributed by atoms with van der Waals surface area (Å²) in [5, 5.41) is 4.21. The lowest BCUT2D eigenvalue weighted by Crippen LogP contribution is -2.51. The Balaban J connectivity index is 1.48. The van der Waals surface area contributed by atoms with Gasteiger partial charge in [0.05, 0.1) is 12.7 Å². The van der Waals surface area contributed by atoms with E-state index in [9.17, 15) is 0 Å². The van der Waals surface area contributed by atoms with Crippen LogP contribution in [0.1, 0.15) is 18.4 Å². The lowest BCUT2D eigenvalue weighted by Gasteiger charge is -2.35. The van der Waals surface area contributed by atoms with E-state index in [1.54, 1.807) is 0 Å².